The monoisotopic (exact) mass is 266 g/mol. The normalized spacial score (nSPS) is 32.4. The van der Waals surface area contributed by atoms with E-state index in [0.717, 1.165) is 18.6 Å². The number of nitrogens with zero attached hydrogens (tertiary/aromatic N) is 1. The summed E-state index contributed by atoms with van der Waals surface area (Å²) >= 11 is 0. The predicted octanol–water partition coefficient (Wildman–Crippen LogP) is 3.67. The Balaban J connectivity index is 2.09. The molecule has 0 bridgehead atoms. The van der Waals surface area contributed by atoms with Gasteiger partial charge in [-0.15, -0.1) is 0 Å². The van der Waals surface area contributed by atoms with E-state index in [1.54, 1.807) is 0 Å². The van der Waals surface area contributed by atoms with Crippen LogP contribution in [0.25, 0.3) is 0 Å². The van der Waals surface area contributed by atoms with Crippen LogP contribution in [-0.4, -0.2) is 37.1 Å². The van der Waals surface area contributed by atoms with Crippen LogP contribution in [-0.2, 0) is 0 Å². The summed E-state index contributed by atoms with van der Waals surface area (Å²) in [5.41, 5.74) is 1.02. The van der Waals surface area contributed by atoms with E-state index in [-0.39, 0.29) is 0 Å². The molecule has 0 radical (unpaired) electrons. The number of likely N-dealkylation sites (N-methyl/N-ethyl adjacent to an activating group) is 1. The first-order chi connectivity index (χ1) is 8.83. The first kappa shape index (κ1) is 15.3. The second-order valence-corrected chi connectivity index (χ2v) is 8.51. The molecule has 112 valence electrons. The Morgan fingerprint density at radius 1 is 1.05 bits per heavy atom. The highest BCUT2D eigenvalue weighted by atomic mass is 15.2. The Hall–Kier alpha value is -0.0800. The lowest BCUT2D eigenvalue weighted by atomic mass is 9.63. The molecule has 1 aliphatic heterocycles. The van der Waals surface area contributed by atoms with Crippen LogP contribution < -0.4 is 5.32 Å². The molecule has 2 rings (SSSR count). The molecule has 1 N–H and O–H groups in total. The average Bonchev–Trinajstić information content (AvgIpc) is 2.26. The first-order valence-electron chi connectivity index (χ1n) is 8.23. The minimum Gasteiger partial charge on any atom is -0.318 e. The van der Waals surface area contributed by atoms with Gasteiger partial charge in [-0.1, -0.05) is 34.1 Å². The van der Waals surface area contributed by atoms with Crippen molar-refractivity contribution in [1.82, 2.24) is 10.2 Å². The molecule has 1 saturated heterocycles. The second kappa shape index (κ2) is 5.73. The van der Waals surface area contributed by atoms with Crippen LogP contribution in [0, 0.1) is 10.8 Å². The maximum Gasteiger partial charge on any atom is 0.0223 e. The molecule has 2 nitrogen and oxygen atoms in total. The second-order valence-electron chi connectivity index (χ2n) is 8.51. The molecule has 1 aliphatic carbocycles. The van der Waals surface area contributed by atoms with Crippen molar-refractivity contribution in [2.75, 3.05) is 20.1 Å². The van der Waals surface area contributed by atoms with Crippen molar-refractivity contribution in [3.8, 4) is 0 Å². The van der Waals surface area contributed by atoms with E-state index in [2.05, 4.69) is 45.0 Å². The molecule has 2 fully saturated rings. The van der Waals surface area contributed by atoms with Crippen molar-refractivity contribution in [3.63, 3.8) is 0 Å². The van der Waals surface area contributed by atoms with Crippen molar-refractivity contribution in [3.05, 3.63) is 0 Å². The van der Waals surface area contributed by atoms with E-state index in [1.165, 1.54) is 45.1 Å². The molecule has 2 aliphatic rings. The smallest absolute Gasteiger partial charge is 0.0223 e. The van der Waals surface area contributed by atoms with E-state index < -0.39 is 0 Å². The van der Waals surface area contributed by atoms with Gasteiger partial charge in [0.05, 0.1) is 0 Å². The molecular weight excluding hydrogens is 232 g/mol. The van der Waals surface area contributed by atoms with Crippen LogP contribution >= 0.6 is 0 Å². The summed E-state index contributed by atoms with van der Waals surface area (Å²) < 4.78 is 0. The van der Waals surface area contributed by atoms with Crippen LogP contribution in [0.3, 0.4) is 0 Å². The van der Waals surface area contributed by atoms with Crippen LogP contribution in [0.15, 0.2) is 0 Å². The average molecular weight is 266 g/mol. The third kappa shape index (κ3) is 3.95. The van der Waals surface area contributed by atoms with Crippen molar-refractivity contribution >= 4 is 0 Å². The SMILES string of the molecule is CNCC1CCCCN1C1CC(C)(C)CC(C)(C)C1. The fourth-order valence-corrected chi connectivity index (χ4v) is 4.98. The lowest BCUT2D eigenvalue weighted by molar-refractivity contribution is -0.00754. The van der Waals surface area contributed by atoms with Gasteiger partial charge < -0.3 is 5.32 Å². The van der Waals surface area contributed by atoms with Crippen LogP contribution in [0.1, 0.15) is 66.2 Å². The molecule has 0 aromatic carbocycles. The third-order valence-electron chi connectivity index (χ3n) is 5.11. The Kier molecular flexibility index (Phi) is 4.62. The molecule has 0 aromatic heterocycles. The van der Waals surface area contributed by atoms with Crippen molar-refractivity contribution in [2.24, 2.45) is 10.8 Å². The molecule has 0 amide bonds. The summed E-state index contributed by atoms with van der Waals surface area (Å²) in [6.45, 7) is 12.4. The lowest BCUT2D eigenvalue weighted by Gasteiger charge is -2.51. The summed E-state index contributed by atoms with van der Waals surface area (Å²) in [6.07, 6.45) is 8.35. The van der Waals surface area contributed by atoms with Crippen LogP contribution in [0.5, 0.6) is 0 Å². The van der Waals surface area contributed by atoms with E-state index in [0.29, 0.717) is 10.8 Å². The highest BCUT2D eigenvalue weighted by molar-refractivity contribution is 4.95. The minimum absolute atomic E-state index is 0.508. The summed E-state index contributed by atoms with van der Waals surface area (Å²) in [5.74, 6) is 0. The zero-order valence-corrected chi connectivity index (χ0v) is 13.8. The zero-order valence-electron chi connectivity index (χ0n) is 13.8. The van der Waals surface area contributed by atoms with Gasteiger partial charge >= 0.3 is 0 Å². The van der Waals surface area contributed by atoms with Crippen LogP contribution in [0.2, 0.25) is 0 Å². The minimum atomic E-state index is 0.508. The van der Waals surface area contributed by atoms with E-state index in [4.69, 9.17) is 0 Å². The number of likely N-dealkylation sites (tertiary alicyclic amines) is 1. The quantitative estimate of drug-likeness (QED) is 0.838. The standard InChI is InChI=1S/C17H34N2/c1-16(2)10-15(11-17(3,4)13-16)19-9-7-6-8-14(19)12-18-5/h14-15,18H,6-13H2,1-5H3. The Morgan fingerprint density at radius 3 is 2.26 bits per heavy atom. The summed E-state index contributed by atoms with van der Waals surface area (Å²) in [4.78, 5) is 2.85. The third-order valence-corrected chi connectivity index (χ3v) is 5.11. The van der Waals surface area contributed by atoms with Gasteiger partial charge in [0.1, 0.15) is 0 Å². The van der Waals surface area contributed by atoms with Gasteiger partial charge in [0.25, 0.3) is 0 Å². The van der Waals surface area contributed by atoms with Gasteiger partial charge in [-0.25, -0.2) is 0 Å². The fourth-order valence-electron chi connectivity index (χ4n) is 4.98. The summed E-state index contributed by atoms with van der Waals surface area (Å²) in [5, 5.41) is 3.41. The van der Waals surface area contributed by atoms with E-state index in [1.807, 2.05) is 0 Å². The molecule has 2 heteroatoms. The molecule has 1 unspecified atom stereocenters. The van der Waals surface area contributed by atoms with Crippen molar-refractivity contribution in [2.45, 2.75) is 78.3 Å². The number of nitrogens with one attached hydrogen (secondary N) is 1. The molecule has 0 aromatic rings. The van der Waals surface area contributed by atoms with Crippen LogP contribution in [0.4, 0.5) is 0 Å². The Labute approximate surface area is 120 Å². The molecule has 19 heavy (non-hydrogen) atoms. The molecular formula is C17H34N2. The topological polar surface area (TPSA) is 15.3 Å². The summed E-state index contributed by atoms with van der Waals surface area (Å²) in [6, 6.07) is 1.57. The van der Waals surface area contributed by atoms with Gasteiger partial charge in [-0.05, 0) is 56.5 Å². The van der Waals surface area contributed by atoms with Gasteiger partial charge in [-0.2, -0.15) is 0 Å². The van der Waals surface area contributed by atoms with Gasteiger partial charge in [-0.3, -0.25) is 4.90 Å². The van der Waals surface area contributed by atoms with Gasteiger partial charge in [0, 0.05) is 18.6 Å². The van der Waals surface area contributed by atoms with E-state index in [9.17, 15) is 0 Å². The van der Waals surface area contributed by atoms with Crippen molar-refractivity contribution in [1.29, 1.82) is 0 Å². The lowest BCUT2D eigenvalue weighted by Crippen LogP contribution is -2.54. The fraction of sp³-hybridized carbons (Fsp3) is 1.00. The molecule has 0 spiro atoms. The van der Waals surface area contributed by atoms with Gasteiger partial charge in [0.2, 0.25) is 0 Å². The molecule has 1 saturated carbocycles. The number of hydrogen-bond acceptors (Lipinski definition) is 2. The predicted molar refractivity (Wildman–Crippen MR) is 83.5 cm³/mol. The maximum absolute atomic E-state index is 3.41. The Bertz CT molecular complexity index is 278. The summed E-state index contributed by atoms with van der Waals surface area (Å²) in [7, 11) is 2.10. The number of piperidine rings is 1. The first-order valence-corrected chi connectivity index (χ1v) is 8.23. The molecule has 1 atom stereocenters. The number of hydrogen-bond donors (Lipinski definition) is 1. The maximum atomic E-state index is 3.41. The number of rotatable bonds is 3. The largest absolute Gasteiger partial charge is 0.318 e. The van der Waals surface area contributed by atoms with E-state index >= 15 is 0 Å². The Morgan fingerprint density at radius 2 is 1.68 bits per heavy atom. The highest BCUT2D eigenvalue weighted by Crippen LogP contribution is 2.47. The zero-order chi connectivity index (χ0) is 14.1. The van der Waals surface area contributed by atoms with Gasteiger partial charge in [0.15, 0.2) is 0 Å². The molecule has 1 heterocycles. The highest BCUT2D eigenvalue weighted by Gasteiger charge is 2.42. The van der Waals surface area contributed by atoms with Crippen molar-refractivity contribution < 1.29 is 0 Å².